The van der Waals surface area contributed by atoms with Crippen molar-refractivity contribution < 1.29 is 30.4 Å². The lowest BCUT2D eigenvalue weighted by Gasteiger charge is -2.14. The summed E-state index contributed by atoms with van der Waals surface area (Å²) in [7, 11) is -6.92. The number of ether oxygens (including phenoxy) is 1. The second kappa shape index (κ2) is 11.8. The summed E-state index contributed by atoms with van der Waals surface area (Å²) in [5, 5.41) is 0.659. The highest BCUT2D eigenvalue weighted by Gasteiger charge is 2.23. The summed E-state index contributed by atoms with van der Waals surface area (Å²) >= 11 is 0. The molecule has 0 aliphatic heterocycles. The first-order chi connectivity index (χ1) is 20.8. The van der Waals surface area contributed by atoms with Crippen molar-refractivity contribution in [2.45, 2.75) is 29.7 Å². The van der Waals surface area contributed by atoms with Gasteiger partial charge in [-0.15, -0.1) is 0 Å². The van der Waals surface area contributed by atoms with Crippen LogP contribution in [0.3, 0.4) is 0 Å². The second-order valence-corrected chi connectivity index (χ2v) is 13.5. The molecular weight excluding hydrogens is 612 g/mol. The molecule has 2 heterocycles. The van der Waals surface area contributed by atoms with Gasteiger partial charge in [0.15, 0.2) is 0 Å². The number of nitrogens with two attached hydrogens (primary N) is 1. The van der Waals surface area contributed by atoms with E-state index >= 15 is 0 Å². The van der Waals surface area contributed by atoms with Gasteiger partial charge in [0.2, 0.25) is 15.9 Å². The van der Waals surface area contributed by atoms with Gasteiger partial charge in [-0.2, -0.15) is 0 Å². The molecule has 0 spiro atoms. The summed E-state index contributed by atoms with van der Waals surface area (Å²) < 4.78 is 89.1. The molecule has 3 aromatic carbocycles. The minimum atomic E-state index is -4.47. The zero-order chi connectivity index (χ0) is 31.8. The topological polar surface area (TPSA) is 153 Å². The van der Waals surface area contributed by atoms with Gasteiger partial charge in [-0.3, -0.25) is 4.72 Å². The fraction of sp³-hybridized carbons (Fsp3) is 0.133. The largest absolute Gasteiger partial charge is 0.480 e. The first-order valence-corrected chi connectivity index (χ1v) is 16.1. The minimum Gasteiger partial charge on any atom is -0.480 e. The van der Waals surface area contributed by atoms with Crippen LogP contribution in [0.4, 0.5) is 20.3 Å². The average Bonchev–Trinajstić information content (AvgIpc) is 2.95. The molecule has 0 saturated heterocycles. The summed E-state index contributed by atoms with van der Waals surface area (Å²) in [6.07, 6.45) is 1.47. The Bertz CT molecular complexity index is 2120. The van der Waals surface area contributed by atoms with E-state index in [1.807, 2.05) is 0 Å². The lowest BCUT2D eigenvalue weighted by molar-refractivity contribution is 0.400. The molecule has 10 nitrogen and oxygen atoms in total. The molecule has 0 aliphatic rings. The van der Waals surface area contributed by atoms with Crippen LogP contribution in [0.15, 0.2) is 88.8 Å². The van der Waals surface area contributed by atoms with E-state index in [0.717, 1.165) is 12.1 Å². The van der Waals surface area contributed by atoms with Gasteiger partial charge in [-0.05, 0) is 73.5 Å². The molecule has 0 fully saturated rings. The predicted molar refractivity (Wildman–Crippen MR) is 164 cm³/mol. The number of benzene rings is 3. The van der Waals surface area contributed by atoms with E-state index < -0.39 is 36.6 Å². The van der Waals surface area contributed by atoms with E-state index in [-0.39, 0.29) is 28.3 Å². The van der Waals surface area contributed by atoms with Crippen LogP contribution >= 0.6 is 0 Å². The van der Waals surface area contributed by atoms with Crippen molar-refractivity contribution >= 4 is 42.5 Å². The number of hydrogen-bond acceptors (Lipinski definition) is 8. The highest BCUT2D eigenvalue weighted by molar-refractivity contribution is 7.92. The van der Waals surface area contributed by atoms with Crippen LogP contribution in [0.25, 0.3) is 33.2 Å². The Morgan fingerprint density at radius 1 is 0.864 bits per heavy atom. The number of sulfonamides is 2. The lowest BCUT2D eigenvalue weighted by Crippen LogP contribution is -2.30. The Balaban J connectivity index is 1.54. The summed E-state index contributed by atoms with van der Waals surface area (Å²) in [6.45, 7) is 3.46. The van der Waals surface area contributed by atoms with E-state index in [1.165, 1.54) is 31.5 Å². The zero-order valence-corrected chi connectivity index (χ0v) is 25.3. The van der Waals surface area contributed by atoms with Gasteiger partial charge >= 0.3 is 0 Å². The van der Waals surface area contributed by atoms with Gasteiger partial charge in [0.25, 0.3) is 10.0 Å². The smallest absolute Gasteiger partial charge is 0.264 e. The molecular formula is C30H27F2N5O5S2. The molecule has 14 heteroatoms. The minimum absolute atomic E-state index is 0.0702. The Labute approximate surface area is 253 Å². The Kier molecular flexibility index (Phi) is 8.25. The van der Waals surface area contributed by atoms with Crippen LogP contribution in [-0.2, 0) is 20.0 Å². The maximum absolute atomic E-state index is 14.3. The van der Waals surface area contributed by atoms with Crippen molar-refractivity contribution in [2.75, 3.05) is 17.6 Å². The zero-order valence-electron chi connectivity index (χ0n) is 23.7. The molecule has 5 aromatic rings. The van der Waals surface area contributed by atoms with E-state index in [1.54, 1.807) is 50.2 Å². The predicted octanol–water partition coefficient (Wildman–Crippen LogP) is 5.32. The molecule has 0 aliphatic carbocycles. The molecule has 228 valence electrons. The lowest BCUT2D eigenvalue weighted by atomic mass is 10.0. The van der Waals surface area contributed by atoms with E-state index in [2.05, 4.69) is 19.4 Å². The number of anilines is 2. The van der Waals surface area contributed by atoms with Gasteiger partial charge in [-0.1, -0.05) is 18.2 Å². The van der Waals surface area contributed by atoms with Crippen LogP contribution < -0.4 is 19.9 Å². The van der Waals surface area contributed by atoms with Crippen LogP contribution in [0.1, 0.15) is 13.8 Å². The summed E-state index contributed by atoms with van der Waals surface area (Å²) in [5.41, 5.74) is 8.93. The molecule has 4 N–H and O–H groups in total. The first-order valence-electron chi connectivity index (χ1n) is 13.1. The van der Waals surface area contributed by atoms with E-state index in [0.29, 0.717) is 39.2 Å². The molecule has 5 rings (SSSR count). The number of nitrogens with zero attached hydrogens (tertiary/aromatic N) is 2. The first kappa shape index (κ1) is 30.8. The number of methoxy groups -OCH3 is 1. The summed E-state index contributed by atoms with van der Waals surface area (Å²) in [5.74, 6) is -2.04. The Morgan fingerprint density at radius 2 is 1.64 bits per heavy atom. The van der Waals surface area contributed by atoms with Gasteiger partial charge in [0.1, 0.15) is 28.0 Å². The van der Waals surface area contributed by atoms with Crippen molar-refractivity contribution in [2.24, 2.45) is 0 Å². The Morgan fingerprint density at radius 3 is 2.34 bits per heavy atom. The molecule has 0 unspecified atom stereocenters. The molecule has 0 amide bonds. The number of halogens is 2. The van der Waals surface area contributed by atoms with E-state index in [9.17, 15) is 25.6 Å². The molecule has 2 aromatic heterocycles. The average molecular weight is 640 g/mol. The molecule has 0 saturated carbocycles. The normalized spacial score (nSPS) is 12.0. The second-order valence-electron chi connectivity index (χ2n) is 10.1. The van der Waals surface area contributed by atoms with Crippen molar-refractivity contribution in [3.05, 3.63) is 90.6 Å². The highest BCUT2D eigenvalue weighted by Crippen LogP contribution is 2.34. The van der Waals surface area contributed by atoms with Gasteiger partial charge < -0.3 is 10.5 Å². The number of hydrogen-bond donors (Lipinski definition) is 3. The van der Waals surface area contributed by atoms with Crippen molar-refractivity contribution in [3.63, 3.8) is 0 Å². The van der Waals surface area contributed by atoms with Gasteiger partial charge in [0.05, 0.1) is 17.5 Å². The van der Waals surface area contributed by atoms with Crippen molar-refractivity contribution in [1.29, 1.82) is 0 Å². The molecule has 0 atom stereocenters. The molecule has 0 radical (unpaired) electrons. The monoisotopic (exact) mass is 639 g/mol. The third-order valence-corrected chi connectivity index (χ3v) is 9.55. The van der Waals surface area contributed by atoms with Crippen molar-refractivity contribution in [1.82, 2.24) is 14.7 Å². The fourth-order valence-electron chi connectivity index (χ4n) is 4.55. The number of fused-ring (bicyclic) bond motifs is 1. The highest BCUT2D eigenvalue weighted by atomic mass is 32.2. The van der Waals surface area contributed by atoms with Crippen LogP contribution in [0.5, 0.6) is 5.88 Å². The molecule has 0 bridgehead atoms. The van der Waals surface area contributed by atoms with Crippen LogP contribution in [-0.4, -0.2) is 40.0 Å². The number of pyridine rings is 2. The third-order valence-electron chi connectivity index (χ3n) is 6.50. The number of rotatable bonds is 9. The van der Waals surface area contributed by atoms with Crippen LogP contribution in [0, 0.1) is 11.6 Å². The maximum Gasteiger partial charge on any atom is 0.264 e. The van der Waals surface area contributed by atoms with Gasteiger partial charge in [0, 0.05) is 34.8 Å². The van der Waals surface area contributed by atoms with Gasteiger partial charge in [-0.25, -0.2) is 40.3 Å². The quantitative estimate of drug-likeness (QED) is 0.196. The van der Waals surface area contributed by atoms with E-state index in [4.69, 9.17) is 10.5 Å². The third kappa shape index (κ3) is 6.32. The van der Waals surface area contributed by atoms with Crippen molar-refractivity contribution in [3.8, 4) is 28.1 Å². The number of nitrogen functional groups attached to an aromatic ring is 1. The SMILES string of the molecule is COc1ncc(-c2ccc3nc(N)c(-c4cccc(S(=O)(=O)NC(C)C)c4)cc3c2)cc1NS(=O)(=O)c1ccc(F)cc1F. The summed E-state index contributed by atoms with van der Waals surface area (Å²) in [6, 6.07) is 16.7. The van der Waals surface area contributed by atoms with Crippen LogP contribution in [0.2, 0.25) is 0 Å². The standard InChI is InChI=1S/C30H27F2N5O5S2/c1-17(2)36-43(38,39)23-6-4-5-19(12-23)24-13-20-11-18(7-9-26(20)35-29(24)33)21-14-27(30(42-3)34-16-21)37-44(40,41)28-10-8-22(31)15-25(28)32/h4-17,36-37H,1-3H3,(H2,33,35). The molecule has 44 heavy (non-hydrogen) atoms. The maximum atomic E-state index is 14.3. The fourth-order valence-corrected chi connectivity index (χ4v) is 6.96. The number of aromatic nitrogens is 2. The summed E-state index contributed by atoms with van der Waals surface area (Å²) in [4.78, 5) is 8.03. The number of nitrogens with one attached hydrogen (secondary N) is 2. The Hall–Kier alpha value is -4.66.